The maximum absolute atomic E-state index is 11.8. The highest BCUT2D eigenvalue weighted by Gasteiger charge is 2.01. The van der Waals surface area contributed by atoms with Crippen LogP contribution in [0.25, 0.3) is 0 Å². The highest BCUT2D eigenvalue weighted by Crippen LogP contribution is 2.12. The quantitative estimate of drug-likeness (QED) is 0.609. The van der Waals surface area contributed by atoms with Gasteiger partial charge in [0.15, 0.2) is 0 Å². The summed E-state index contributed by atoms with van der Waals surface area (Å²) in [4.78, 5) is 0. The highest BCUT2D eigenvalue weighted by atomic mass is 19.3. The SMILES string of the molecule is OCCC#Cc1cccc(OCCOCC(F)F)c1. The van der Waals surface area contributed by atoms with Crippen LogP contribution < -0.4 is 4.74 Å². The zero-order valence-corrected chi connectivity index (χ0v) is 10.4. The third kappa shape index (κ3) is 7.39. The summed E-state index contributed by atoms with van der Waals surface area (Å²) in [5.41, 5.74) is 0.777. The molecule has 5 heteroatoms. The second kappa shape index (κ2) is 9.31. The van der Waals surface area contributed by atoms with Crippen LogP contribution in [-0.4, -0.2) is 38.0 Å². The maximum Gasteiger partial charge on any atom is 0.261 e. The van der Waals surface area contributed by atoms with Crippen LogP contribution in [0.5, 0.6) is 5.75 Å². The van der Waals surface area contributed by atoms with Gasteiger partial charge in [-0.25, -0.2) is 8.78 Å². The van der Waals surface area contributed by atoms with Crippen LogP contribution in [0.1, 0.15) is 12.0 Å². The number of aliphatic hydroxyl groups excluding tert-OH is 1. The summed E-state index contributed by atoms with van der Waals surface area (Å²) in [6, 6.07) is 7.12. The lowest BCUT2D eigenvalue weighted by molar-refractivity contribution is 0.00763. The van der Waals surface area contributed by atoms with Crippen LogP contribution in [0.2, 0.25) is 0 Å². The first-order valence-corrected chi connectivity index (χ1v) is 5.91. The van der Waals surface area contributed by atoms with Crippen LogP contribution >= 0.6 is 0 Å². The van der Waals surface area contributed by atoms with Crippen molar-refractivity contribution in [1.29, 1.82) is 0 Å². The van der Waals surface area contributed by atoms with E-state index in [1.165, 1.54) is 0 Å². The number of ether oxygens (including phenoxy) is 2. The fourth-order valence-electron chi connectivity index (χ4n) is 1.27. The molecule has 0 atom stereocenters. The minimum Gasteiger partial charge on any atom is -0.491 e. The van der Waals surface area contributed by atoms with Crippen LogP contribution in [-0.2, 0) is 4.74 Å². The minimum atomic E-state index is -2.45. The summed E-state index contributed by atoms with van der Waals surface area (Å²) in [6.45, 7) is -0.217. The number of hydrogen-bond acceptors (Lipinski definition) is 3. The fourth-order valence-corrected chi connectivity index (χ4v) is 1.27. The largest absolute Gasteiger partial charge is 0.491 e. The molecule has 0 spiro atoms. The third-order valence-corrected chi connectivity index (χ3v) is 2.04. The number of halogens is 2. The van der Waals surface area contributed by atoms with Crippen molar-refractivity contribution in [1.82, 2.24) is 0 Å². The zero-order chi connectivity index (χ0) is 13.9. The smallest absolute Gasteiger partial charge is 0.261 e. The Balaban J connectivity index is 2.34. The summed E-state index contributed by atoms with van der Waals surface area (Å²) in [6.07, 6.45) is -2.03. The van der Waals surface area contributed by atoms with Gasteiger partial charge in [-0.2, -0.15) is 0 Å². The average molecular weight is 270 g/mol. The van der Waals surface area contributed by atoms with Crippen molar-refractivity contribution in [2.75, 3.05) is 26.4 Å². The molecule has 0 aliphatic rings. The second-order valence-electron chi connectivity index (χ2n) is 3.62. The Hall–Kier alpha value is -1.64. The number of hydrogen-bond donors (Lipinski definition) is 1. The molecule has 0 aliphatic carbocycles. The highest BCUT2D eigenvalue weighted by molar-refractivity contribution is 5.39. The summed E-state index contributed by atoms with van der Waals surface area (Å²) in [7, 11) is 0. The Morgan fingerprint density at radius 2 is 2.11 bits per heavy atom. The van der Waals surface area contributed by atoms with Gasteiger partial charge < -0.3 is 14.6 Å². The van der Waals surface area contributed by atoms with Crippen molar-refractivity contribution in [3.63, 3.8) is 0 Å². The number of rotatable bonds is 7. The van der Waals surface area contributed by atoms with E-state index in [9.17, 15) is 8.78 Å². The van der Waals surface area contributed by atoms with E-state index in [0.29, 0.717) is 12.2 Å². The number of benzene rings is 1. The topological polar surface area (TPSA) is 38.7 Å². The van der Waals surface area contributed by atoms with Crippen LogP contribution in [0, 0.1) is 11.8 Å². The molecule has 0 radical (unpaired) electrons. The lowest BCUT2D eigenvalue weighted by Crippen LogP contribution is -2.11. The van der Waals surface area contributed by atoms with Crippen LogP contribution in [0.4, 0.5) is 8.78 Å². The molecule has 0 saturated heterocycles. The van der Waals surface area contributed by atoms with E-state index < -0.39 is 13.0 Å². The van der Waals surface area contributed by atoms with E-state index in [1.54, 1.807) is 18.2 Å². The molecular formula is C14H16F2O3. The van der Waals surface area contributed by atoms with Crippen molar-refractivity contribution in [2.45, 2.75) is 12.8 Å². The molecule has 0 aliphatic heterocycles. The molecule has 0 bridgehead atoms. The predicted octanol–water partition coefficient (Wildman–Crippen LogP) is 2.08. The molecule has 1 aromatic rings. The molecule has 1 N–H and O–H groups in total. The molecule has 0 aromatic heterocycles. The van der Waals surface area contributed by atoms with E-state index in [-0.39, 0.29) is 19.8 Å². The summed E-state index contributed by atoms with van der Waals surface area (Å²) in [5, 5.41) is 8.61. The Morgan fingerprint density at radius 1 is 1.26 bits per heavy atom. The summed E-state index contributed by atoms with van der Waals surface area (Å²) < 4.78 is 33.6. The number of aliphatic hydroxyl groups is 1. The Labute approximate surface area is 111 Å². The summed E-state index contributed by atoms with van der Waals surface area (Å²) >= 11 is 0. The first-order valence-electron chi connectivity index (χ1n) is 5.91. The molecule has 0 saturated carbocycles. The Kier molecular flexibility index (Phi) is 7.56. The van der Waals surface area contributed by atoms with Gasteiger partial charge in [-0.05, 0) is 18.2 Å². The van der Waals surface area contributed by atoms with Gasteiger partial charge in [0.1, 0.15) is 19.0 Å². The summed E-state index contributed by atoms with van der Waals surface area (Å²) in [5.74, 6) is 6.29. The molecule has 19 heavy (non-hydrogen) atoms. The first-order chi connectivity index (χ1) is 9.22. The van der Waals surface area contributed by atoms with Crippen molar-refractivity contribution < 1.29 is 23.4 Å². The Bertz CT molecular complexity index is 424. The molecule has 0 fully saturated rings. The van der Waals surface area contributed by atoms with Gasteiger partial charge in [0.05, 0.1) is 13.2 Å². The average Bonchev–Trinajstić information content (AvgIpc) is 2.39. The third-order valence-electron chi connectivity index (χ3n) is 2.04. The van der Waals surface area contributed by atoms with E-state index in [2.05, 4.69) is 11.8 Å². The van der Waals surface area contributed by atoms with Gasteiger partial charge in [-0.15, -0.1) is 0 Å². The minimum absolute atomic E-state index is 0.0324. The van der Waals surface area contributed by atoms with Gasteiger partial charge in [0.2, 0.25) is 0 Å². The van der Waals surface area contributed by atoms with Crippen molar-refractivity contribution in [3.8, 4) is 17.6 Å². The molecule has 1 rings (SSSR count). The van der Waals surface area contributed by atoms with Gasteiger partial charge in [-0.3, -0.25) is 0 Å². The fraction of sp³-hybridized carbons (Fsp3) is 0.429. The van der Waals surface area contributed by atoms with E-state index in [0.717, 1.165) is 5.56 Å². The second-order valence-corrected chi connectivity index (χ2v) is 3.62. The normalized spacial score (nSPS) is 10.1. The lowest BCUT2D eigenvalue weighted by Gasteiger charge is -2.07. The molecule has 104 valence electrons. The molecule has 3 nitrogen and oxygen atoms in total. The Morgan fingerprint density at radius 3 is 2.84 bits per heavy atom. The van der Waals surface area contributed by atoms with Gasteiger partial charge in [-0.1, -0.05) is 17.9 Å². The van der Waals surface area contributed by atoms with E-state index in [1.807, 2.05) is 6.07 Å². The molecule has 1 aromatic carbocycles. The van der Waals surface area contributed by atoms with Gasteiger partial charge in [0, 0.05) is 12.0 Å². The van der Waals surface area contributed by atoms with Crippen LogP contribution in [0.3, 0.4) is 0 Å². The first kappa shape index (κ1) is 15.4. The monoisotopic (exact) mass is 270 g/mol. The zero-order valence-electron chi connectivity index (χ0n) is 10.4. The molecular weight excluding hydrogens is 254 g/mol. The predicted molar refractivity (Wildman–Crippen MR) is 67.3 cm³/mol. The molecule has 0 heterocycles. The lowest BCUT2D eigenvalue weighted by atomic mass is 10.2. The van der Waals surface area contributed by atoms with E-state index >= 15 is 0 Å². The van der Waals surface area contributed by atoms with Gasteiger partial charge in [0.25, 0.3) is 6.43 Å². The van der Waals surface area contributed by atoms with Crippen LogP contribution in [0.15, 0.2) is 24.3 Å². The van der Waals surface area contributed by atoms with Crippen molar-refractivity contribution >= 4 is 0 Å². The molecule has 0 amide bonds. The standard InChI is InChI=1S/C14H16F2O3/c15-14(16)11-18-8-9-19-13-6-3-5-12(10-13)4-1-2-7-17/h3,5-6,10,14,17H,2,7-9,11H2. The van der Waals surface area contributed by atoms with Crippen molar-refractivity contribution in [3.05, 3.63) is 29.8 Å². The number of alkyl halides is 2. The van der Waals surface area contributed by atoms with Crippen molar-refractivity contribution in [2.24, 2.45) is 0 Å². The molecule has 0 unspecified atom stereocenters. The maximum atomic E-state index is 11.8. The van der Waals surface area contributed by atoms with E-state index in [4.69, 9.17) is 14.6 Å². The van der Waals surface area contributed by atoms with Gasteiger partial charge >= 0.3 is 0 Å².